The molecule has 0 unspecified atom stereocenters. The van der Waals surface area contributed by atoms with E-state index in [0.717, 1.165) is 6.42 Å². The third kappa shape index (κ3) is 5.96. The van der Waals surface area contributed by atoms with Crippen LogP contribution in [0.3, 0.4) is 0 Å². The Bertz CT molecular complexity index is 418. The van der Waals surface area contributed by atoms with Gasteiger partial charge in [-0.05, 0) is 6.42 Å². The van der Waals surface area contributed by atoms with E-state index in [-0.39, 0.29) is 11.6 Å². The van der Waals surface area contributed by atoms with Crippen molar-refractivity contribution in [1.29, 1.82) is 0 Å². The van der Waals surface area contributed by atoms with Crippen molar-refractivity contribution in [3.63, 3.8) is 0 Å². The SMILES string of the molecule is CCCNC(=O)CCNCCn1cc(C(=O)O)nn1. The number of nitrogens with one attached hydrogen (secondary N) is 2. The number of aromatic carboxylic acids is 1. The number of carboxylic acids is 1. The number of amides is 1. The highest BCUT2D eigenvalue weighted by atomic mass is 16.4. The molecule has 1 aromatic rings. The van der Waals surface area contributed by atoms with Crippen molar-refractivity contribution in [2.45, 2.75) is 26.3 Å². The minimum atomic E-state index is -1.09. The third-order valence-electron chi connectivity index (χ3n) is 2.38. The molecule has 0 aromatic carbocycles. The summed E-state index contributed by atoms with van der Waals surface area (Å²) in [6.07, 6.45) is 2.73. The first-order chi connectivity index (χ1) is 9.13. The molecule has 1 amide bonds. The van der Waals surface area contributed by atoms with E-state index in [1.54, 1.807) is 0 Å². The van der Waals surface area contributed by atoms with Crippen LogP contribution in [-0.2, 0) is 11.3 Å². The second-order valence-electron chi connectivity index (χ2n) is 4.02. The summed E-state index contributed by atoms with van der Waals surface area (Å²) in [6, 6.07) is 0. The monoisotopic (exact) mass is 269 g/mol. The lowest BCUT2D eigenvalue weighted by Gasteiger charge is -2.05. The fourth-order valence-electron chi connectivity index (χ4n) is 1.38. The van der Waals surface area contributed by atoms with Gasteiger partial charge in [0.15, 0.2) is 5.69 Å². The quantitative estimate of drug-likeness (QED) is 0.521. The Morgan fingerprint density at radius 1 is 1.37 bits per heavy atom. The van der Waals surface area contributed by atoms with Crippen LogP contribution in [0.1, 0.15) is 30.3 Å². The second-order valence-corrected chi connectivity index (χ2v) is 4.02. The molecule has 0 fully saturated rings. The van der Waals surface area contributed by atoms with Crippen molar-refractivity contribution >= 4 is 11.9 Å². The molecule has 0 radical (unpaired) electrons. The Balaban J connectivity index is 2.10. The summed E-state index contributed by atoms with van der Waals surface area (Å²) >= 11 is 0. The number of carbonyl (C=O) groups excluding carboxylic acids is 1. The standard InChI is InChI=1S/C11H19N5O3/c1-2-4-13-10(17)3-5-12-6-7-16-8-9(11(18)19)14-15-16/h8,12H,2-7H2,1H3,(H,13,17)(H,18,19). The van der Waals surface area contributed by atoms with E-state index in [9.17, 15) is 9.59 Å². The summed E-state index contributed by atoms with van der Waals surface area (Å²) in [5, 5.41) is 21.7. The summed E-state index contributed by atoms with van der Waals surface area (Å²) in [5.74, 6) is -1.06. The van der Waals surface area contributed by atoms with Crippen molar-refractivity contribution in [2.24, 2.45) is 0 Å². The third-order valence-corrected chi connectivity index (χ3v) is 2.38. The molecule has 1 aromatic heterocycles. The maximum Gasteiger partial charge on any atom is 0.358 e. The van der Waals surface area contributed by atoms with Gasteiger partial charge in [-0.1, -0.05) is 12.1 Å². The van der Waals surface area contributed by atoms with Crippen LogP contribution in [-0.4, -0.2) is 51.6 Å². The molecule has 1 rings (SSSR count). The van der Waals surface area contributed by atoms with Crippen molar-refractivity contribution in [3.8, 4) is 0 Å². The van der Waals surface area contributed by atoms with Gasteiger partial charge in [0, 0.05) is 26.1 Å². The fourth-order valence-corrected chi connectivity index (χ4v) is 1.38. The Morgan fingerprint density at radius 2 is 2.16 bits per heavy atom. The van der Waals surface area contributed by atoms with E-state index in [2.05, 4.69) is 20.9 Å². The first-order valence-electron chi connectivity index (χ1n) is 6.24. The number of rotatable bonds is 9. The van der Waals surface area contributed by atoms with E-state index in [1.807, 2.05) is 6.92 Å². The number of aromatic nitrogens is 3. The molecule has 0 bridgehead atoms. The highest BCUT2D eigenvalue weighted by Crippen LogP contribution is 1.91. The average Bonchev–Trinajstić information content (AvgIpc) is 2.85. The Morgan fingerprint density at radius 3 is 2.79 bits per heavy atom. The van der Waals surface area contributed by atoms with Gasteiger partial charge in [-0.2, -0.15) is 0 Å². The highest BCUT2D eigenvalue weighted by Gasteiger charge is 2.07. The molecule has 0 aliphatic rings. The smallest absolute Gasteiger partial charge is 0.358 e. The lowest BCUT2D eigenvalue weighted by molar-refractivity contribution is -0.120. The van der Waals surface area contributed by atoms with Gasteiger partial charge in [0.1, 0.15) is 0 Å². The second kappa shape index (κ2) is 8.20. The van der Waals surface area contributed by atoms with Gasteiger partial charge in [0.05, 0.1) is 12.7 Å². The summed E-state index contributed by atoms with van der Waals surface area (Å²) in [5.41, 5.74) is -0.0704. The molecule has 8 heteroatoms. The van der Waals surface area contributed by atoms with Crippen LogP contribution in [0.15, 0.2) is 6.20 Å². The van der Waals surface area contributed by atoms with E-state index < -0.39 is 5.97 Å². The van der Waals surface area contributed by atoms with Crippen LogP contribution >= 0.6 is 0 Å². The molecular weight excluding hydrogens is 250 g/mol. The number of carboxylic acid groups (broad SMARTS) is 1. The lowest BCUT2D eigenvalue weighted by atomic mass is 10.3. The Hall–Kier alpha value is -1.96. The fraction of sp³-hybridized carbons (Fsp3) is 0.636. The molecule has 0 spiro atoms. The predicted octanol–water partition coefficient (Wildman–Crippen LogP) is -0.518. The normalized spacial score (nSPS) is 10.4. The topological polar surface area (TPSA) is 109 Å². The first kappa shape index (κ1) is 15.1. The van der Waals surface area contributed by atoms with Gasteiger partial charge >= 0.3 is 5.97 Å². The minimum Gasteiger partial charge on any atom is -0.476 e. The van der Waals surface area contributed by atoms with E-state index in [0.29, 0.717) is 32.6 Å². The zero-order valence-electron chi connectivity index (χ0n) is 10.9. The summed E-state index contributed by atoms with van der Waals surface area (Å²) in [4.78, 5) is 21.8. The molecule has 1 heterocycles. The van der Waals surface area contributed by atoms with Crippen LogP contribution < -0.4 is 10.6 Å². The van der Waals surface area contributed by atoms with E-state index in [4.69, 9.17) is 5.11 Å². The van der Waals surface area contributed by atoms with Gasteiger partial charge in [-0.15, -0.1) is 5.10 Å². The van der Waals surface area contributed by atoms with Gasteiger partial charge in [-0.25, -0.2) is 4.79 Å². The molecule has 0 saturated carbocycles. The van der Waals surface area contributed by atoms with Gasteiger partial charge in [0.25, 0.3) is 0 Å². The van der Waals surface area contributed by atoms with Gasteiger partial charge in [-0.3, -0.25) is 9.48 Å². The van der Waals surface area contributed by atoms with Crippen LogP contribution in [0.5, 0.6) is 0 Å². The molecule has 0 saturated heterocycles. The van der Waals surface area contributed by atoms with Gasteiger partial charge < -0.3 is 15.7 Å². The molecule has 0 atom stereocenters. The van der Waals surface area contributed by atoms with Crippen molar-refractivity contribution in [1.82, 2.24) is 25.6 Å². The average molecular weight is 269 g/mol. The molecular formula is C11H19N5O3. The van der Waals surface area contributed by atoms with Crippen LogP contribution in [0.25, 0.3) is 0 Å². The largest absolute Gasteiger partial charge is 0.476 e. The molecule has 0 aliphatic heterocycles. The van der Waals surface area contributed by atoms with Gasteiger partial charge in [0.2, 0.25) is 5.91 Å². The van der Waals surface area contributed by atoms with Crippen LogP contribution in [0.4, 0.5) is 0 Å². The Kier molecular flexibility index (Phi) is 6.51. The molecule has 19 heavy (non-hydrogen) atoms. The van der Waals surface area contributed by atoms with E-state index in [1.165, 1.54) is 10.9 Å². The Labute approximate surface area is 111 Å². The molecule has 106 valence electrons. The molecule has 3 N–H and O–H groups in total. The molecule has 0 aliphatic carbocycles. The number of nitrogens with zero attached hydrogens (tertiary/aromatic N) is 3. The highest BCUT2D eigenvalue weighted by molar-refractivity contribution is 5.84. The molecule has 8 nitrogen and oxygen atoms in total. The van der Waals surface area contributed by atoms with E-state index >= 15 is 0 Å². The van der Waals surface area contributed by atoms with Crippen molar-refractivity contribution in [2.75, 3.05) is 19.6 Å². The summed E-state index contributed by atoms with van der Waals surface area (Å²) in [6.45, 7) is 4.40. The first-order valence-corrected chi connectivity index (χ1v) is 6.24. The number of carbonyl (C=O) groups is 2. The predicted molar refractivity (Wildman–Crippen MR) is 67.8 cm³/mol. The maximum atomic E-state index is 11.3. The number of hydrogen-bond acceptors (Lipinski definition) is 5. The minimum absolute atomic E-state index is 0.0308. The van der Waals surface area contributed by atoms with Crippen LogP contribution in [0.2, 0.25) is 0 Å². The van der Waals surface area contributed by atoms with Crippen LogP contribution in [0, 0.1) is 0 Å². The zero-order chi connectivity index (χ0) is 14.1. The zero-order valence-corrected chi connectivity index (χ0v) is 10.9. The number of hydrogen-bond donors (Lipinski definition) is 3. The van der Waals surface area contributed by atoms with Crippen molar-refractivity contribution < 1.29 is 14.7 Å². The van der Waals surface area contributed by atoms with Crippen molar-refractivity contribution in [3.05, 3.63) is 11.9 Å². The maximum absolute atomic E-state index is 11.3. The lowest BCUT2D eigenvalue weighted by Crippen LogP contribution is -2.29. The summed E-state index contributed by atoms with van der Waals surface area (Å²) < 4.78 is 1.45. The summed E-state index contributed by atoms with van der Waals surface area (Å²) in [7, 11) is 0.